The summed E-state index contributed by atoms with van der Waals surface area (Å²) in [6.45, 7) is 2.17. The number of hydrogen-bond acceptors (Lipinski definition) is 2. The van der Waals surface area contributed by atoms with Crippen LogP contribution in [0.2, 0.25) is 0 Å². The molecular weight excluding hydrogens is 296 g/mol. The number of rotatable bonds is 0. The molecule has 2 heteroatoms. The molecule has 4 aliphatic carbocycles. The van der Waals surface area contributed by atoms with Crippen molar-refractivity contribution >= 4 is 5.78 Å². The third-order valence-electron chi connectivity index (χ3n) is 7.91. The topological polar surface area (TPSA) is 37.3 Å². The summed E-state index contributed by atoms with van der Waals surface area (Å²) in [7, 11) is 0. The molecule has 0 amide bonds. The summed E-state index contributed by atoms with van der Waals surface area (Å²) in [6, 6.07) is 0. The second-order valence-electron chi connectivity index (χ2n) is 8.66. The fourth-order valence-electron chi connectivity index (χ4n) is 6.72. The lowest BCUT2D eigenvalue weighted by Crippen LogP contribution is -2.55. The number of carbonyl (C=O) groups is 1. The van der Waals surface area contributed by atoms with E-state index in [0.29, 0.717) is 36.5 Å². The molecule has 4 aliphatic rings. The Hall–Kier alpha value is -1.51. The number of terminal acetylenes is 2. The van der Waals surface area contributed by atoms with Gasteiger partial charge in [-0.05, 0) is 68.3 Å². The Morgan fingerprint density at radius 3 is 2.75 bits per heavy atom. The molecule has 0 heterocycles. The molecule has 1 N–H and O–H groups in total. The molecular formula is C22H26O2. The smallest absolute Gasteiger partial charge is 0.155 e. The van der Waals surface area contributed by atoms with Crippen LogP contribution >= 0.6 is 0 Å². The number of carbonyl (C=O) groups excluding carboxylic acids is 1. The molecule has 3 saturated carbocycles. The summed E-state index contributed by atoms with van der Waals surface area (Å²) in [5.41, 5.74) is 0.0451. The van der Waals surface area contributed by atoms with E-state index in [1.807, 2.05) is 6.08 Å². The molecule has 0 aromatic rings. The van der Waals surface area contributed by atoms with Crippen LogP contribution in [0.25, 0.3) is 0 Å². The minimum absolute atomic E-state index is 0.149. The van der Waals surface area contributed by atoms with Gasteiger partial charge in [-0.2, -0.15) is 0 Å². The Bertz CT molecular complexity index is 690. The first-order valence-corrected chi connectivity index (χ1v) is 9.33. The van der Waals surface area contributed by atoms with Gasteiger partial charge < -0.3 is 5.11 Å². The Balaban J connectivity index is 1.75. The summed E-state index contributed by atoms with van der Waals surface area (Å²) in [6.07, 6.45) is 19.8. The van der Waals surface area contributed by atoms with Crippen LogP contribution in [0.1, 0.15) is 51.9 Å². The van der Waals surface area contributed by atoms with Gasteiger partial charge in [0.1, 0.15) is 5.60 Å². The molecule has 0 aromatic heterocycles. The summed E-state index contributed by atoms with van der Waals surface area (Å²) in [4.78, 5) is 11.8. The maximum Gasteiger partial charge on any atom is 0.155 e. The average Bonchev–Trinajstić information content (AvgIpc) is 2.85. The summed E-state index contributed by atoms with van der Waals surface area (Å²) in [5.74, 6) is 8.10. The van der Waals surface area contributed by atoms with Gasteiger partial charge in [-0.1, -0.05) is 18.4 Å². The highest BCUT2D eigenvalue weighted by Gasteiger charge is 2.64. The molecule has 126 valence electrons. The molecule has 24 heavy (non-hydrogen) atoms. The second-order valence-corrected chi connectivity index (χ2v) is 8.66. The van der Waals surface area contributed by atoms with Gasteiger partial charge in [0.25, 0.3) is 0 Å². The van der Waals surface area contributed by atoms with E-state index in [0.717, 1.165) is 32.1 Å². The summed E-state index contributed by atoms with van der Waals surface area (Å²) < 4.78 is 0. The SMILES string of the molecule is C#C[C@H]1C[C@@]2(C)[C@@H](CC[C@@]2(O)C#C)[C@@H]2CCC3=CC(=O)CC[C@@H]3[C@H]21. The van der Waals surface area contributed by atoms with Gasteiger partial charge in [0.05, 0.1) is 0 Å². The lowest BCUT2D eigenvalue weighted by Gasteiger charge is -2.56. The molecule has 2 nitrogen and oxygen atoms in total. The van der Waals surface area contributed by atoms with Crippen molar-refractivity contribution in [1.82, 2.24) is 0 Å². The first-order valence-electron chi connectivity index (χ1n) is 9.33. The maximum absolute atomic E-state index is 11.8. The molecule has 3 fully saturated rings. The minimum atomic E-state index is -1.02. The van der Waals surface area contributed by atoms with Gasteiger partial charge in [-0.25, -0.2) is 0 Å². The van der Waals surface area contributed by atoms with Crippen molar-refractivity contribution in [3.05, 3.63) is 11.6 Å². The zero-order valence-electron chi connectivity index (χ0n) is 14.4. The largest absolute Gasteiger partial charge is 0.377 e. The minimum Gasteiger partial charge on any atom is -0.377 e. The van der Waals surface area contributed by atoms with E-state index in [9.17, 15) is 9.90 Å². The van der Waals surface area contributed by atoms with E-state index in [1.165, 1.54) is 5.57 Å². The first kappa shape index (κ1) is 16.0. The van der Waals surface area contributed by atoms with Crippen molar-refractivity contribution in [2.45, 2.75) is 57.5 Å². The second kappa shape index (κ2) is 5.24. The quantitative estimate of drug-likeness (QED) is 0.695. The Morgan fingerprint density at radius 1 is 1.25 bits per heavy atom. The molecule has 0 bridgehead atoms. The van der Waals surface area contributed by atoms with Crippen molar-refractivity contribution in [3.63, 3.8) is 0 Å². The van der Waals surface area contributed by atoms with Crippen LogP contribution in [0, 0.1) is 59.7 Å². The highest BCUT2D eigenvalue weighted by Crippen LogP contribution is 2.66. The molecule has 0 unspecified atom stereocenters. The Morgan fingerprint density at radius 2 is 2.04 bits per heavy atom. The predicted molar refractivity (Wildman–Crippen MR) is 93.6 cm³/mol. The van der Waals surface area contributed by atoms with Crippen molar-refractivity contribution < 1.29 is 9.90 Å². The van der Waals surface area contributed by atoms with Crippen LogP contribution < -0.4 is 0 Å². The monoisotopic (exact) mass is 322 g/mol. The number of allylic oxidation sites excluding steroid dienone is 1. The van der Waals surface area contributed by atoms with Crippen LogP contribution in [-0.4, -0.2) is 16.5 Å². The lowest BCUT2D eigenvalue weighted by atomic mass is 9.47. The van der Waals surface area contributed by atoms with E-state index in [4.69, 9.17) is 12.8 Å². The molecule has 0 aliphatic heterocycles. The zero-order chi connectivity index (χ0) is 17.1. The van der Waals surface area contributed by atoms with Crippen LogP contribution in [0.5, 0.6) is 0 Å². The van der Waals surface area contributed by atoms with Crippen LogP contribution in [0.15, 0.2) is 11.6 Å². The number of aliphatic hydroxyl groups is 1. The third-order valence-corrected chi connectivity index (χ3v) is 7.91. The van der Waals surface area contributed by atoms with E-state index in [2.05, 4.69) is 18.8 Å². The van der Waals surface area contributed by atoms with E-state index >= 15 is 0 Å². The molecule has 0 aromatic carbocycles. The Labute approximate surface area is 145 Å². The van der Waals surface area contributed by atoms with Crippen molar-refractivity contribution in [2.75, 3.05) is 0 Å². The first-order chi connectivity index (χ1) is 11.4. The van der Waals surface area contributed by atoms with Gasteiger partial charge in [-0.15, -0.1) is 18.8 Å². The van der Waals surface area contributed by atoms with E-state index in [-0.39, 0.29) is 17.1 Å². The summed E-state index contributed by atoms with van der Waals surface area (Å²) in [5, 5.41) is 11.1. The third kappa shape index (κ3) is 1.93. The lowest BCUT2D eigenvalue weighted by molar-refractivity contribution is -0.117. The van der Waals surface area contributed by atoms with Crippen LogP contribution in [-0.2, 0) is 4.79 Å². The molecule has 4 rings (SSSR count). The number of ketones is 1. The van der Waals surface area contributed by atoms with E-state index in [1.54, 1.807) is 0 Å². The molecule has 0 spiro atoms. The standard InChI is InChI=1S/C22H26O2/c1-4-14-13-21(3)19(10-11-22(21,24)5-2)18-8-6-15-12-16(23)7-9-17(15)20(14)18/h1-2,12,14,17-20,24H,6-11,13H2,3H3/t14-,17-,18-,19-,20+,21-,22-/m0/s1. The zero-order valence-corrected chi connectivity index (χ0v) is 14.4. The molecule has 7 atom stereocenters. The average molecular weight is 322 g/mol. The predicted octanol–water partition coefficient (Wildman–Crippen LogP) is 3.35. The van der Waals surface area contributed by atoms with Crippen LogP contribution in [0.4, 0.5) is 0 Å². The van der Waals surface area contributed by atoms with Gasteiger partial charge in [0, 0.05) is 17.8 Å². The van der Waals surface area contributed by atoms with E-state index < -0.39 is 5.60 Å². The van der Waals surface area contributed by atoms with Gasteiger partial charge in [0.2, 0.25) is 0 Å². The highest BCUT2D eigenvalue weighted by atomic mass is 16.3. The number of fused-ring (bicyclic) bond motifs is 5. The normalized spacial score (nSPS) is 49.9. The van der Waals surface area contributed by atoms with Crippen LogP contribution in [0.3, 0.4) is 0 Å². The molecule has 0 saturated heterocycles. The Kier molecular flexibility index (Phi) is 3.49. The van der Waals surface area contributed by atoms with Gasteiger partial charge in [-0.3, -0.25) is 4.79 Å². The fourth-order valence-corrected chi connectivity index (χ4v) is 6.72. The number of hydrogen-bond donors (Lipinski definition) is 1. The molecule has 0 radical (unpaired) electrons. The van der Waals surface area contributed by atoms with Crippen molar-refractivity contribution in [1.29, 1.82) is 0 Å². The van der Waals surface area contributed by atoms with Gasteiger partial charge in [0.15, 0.2) is 5.78 Å². The fraction of sp³-hybridized carbons (Fsp3) is 0.682. The van der Waals surface area contributed by atoms with Crippen molar-refractivity contribution in [3.8, 4) is 24.7 Å². The van der Waals surface area contributed by atoms with Crippen molar-refractivity contribution in [2.24, 2.45) is 35.0 Å². The van der Waals surface area contributed by atoms with Gasteiger partial charge >= 0.3 is 0 Å². The maximum atomic E-state index is 11.8. The summed E-state index contributed by atoms with van der Waals surface area (Å²) >= 11 is 0. The highest BCUT2D eigenvalue weighted by molar-refractivity contribution is 5.91.